The third kappa shape index (κ3) is 5.33. The first-order chi connectivity index (χ1) is 19.7. The second-order valence-electron chi connectivity index (χ2n) is 14.1. The van der Waals surface area contributed by atoms with E-state index in [0.717, 1.165) is 73.2 Å². The number of nitrogens with one attached hydrogen (secondary N) is 1. The van der Waals surface area contributed by atoms with Gasteiger partial charge in [-0.2, -0.15) is 0 Å². The number of benzene rings is 1. The predicted octanol–water partition coefficient (Wildman–Crippen LogP) is 5.77. The number of fused-ring (bicyclic) bond motifs is 6. The number of hydrogen-bond donors (Lipinski definition) is 2. The normalized spacial score (nSPS) is 35.6. The van der Waals surface area contributed by atoms with Gasteiger partial charge in [-0.15, -0.1) is 0 Å². The van der Waals surface area contributed by atoms with Crippen LogP contribution in [-0.4, -0.2) is 50.7 Å². The fourth-order valence-electron chi connectivity index (χ4n) is 9.47. The molecule has 4 aliphatic rings. The van der Waals surface area contributed by atoms with Crippen molar-refractivity contribution in [1.82, 2.24) is 5.32 Å². The standard InChI is InChI=1S/C34H49N3O4/c1-33-14-11-25(38)20-23(33)5-7-27-28-9-10-31(34(28,2)15-12-29(27)33)36-40-18-17-35-16-13-22-19-32(39)41-30-21-24(37(3)4)6-8-26(22)30/h6,8,19,21,23,25,27-29,35,38H,5,7,9-18,20H2,1-4H3/b36-31-/t23-,25+,27-,28-,29-,33-,34-/m0/s1. The molecular weight excluding hydrogens is 514 g/mol. The molecule has 1 heterocycles. The maximum Gasteiger partial charge on any atom is 0.336 e. The van der Waals surface area contributed by atoms with Crippen molar-refractivity contribution in [1.29, 1.82) is 0 Å². The van der Waals surface area contributed by atoms with Crippen molar-refractivity contribution in [2.75, 3.05) is 38.7 Å². The third-order valence-corrected chi connectivity index (χ3v) is 11.8. The minimum absolute atomic E-state index is 0.0770. The van der Waals surface area contributed by atoms with Crippen molar-refractivity contribution in [3.05, 3.63) is 40.2 Å². The van der Waals surface area contributed by atoms with E-state index < -0.39 is 0 Å². The Labute approximate surface area is 244 Å². The van der Waals surface area contributed by atoms with E-state index in [-0.39, 0.29) is 17.1 Å². The van der Waals surface area contributed by atoms with Crippen LogP contribution in [0.25, 0.3) is 11.0 Å². The van der Waals surface area contributed by atoms with Crippen molar-refractivity contribution >= 4 is 22.4 Å². The Kier molecular flexibility index (Phi) is 7.96. The summed E-state index contributed by atoms with van der Waals surface area (Å²) in [6.45, 7) is 7.04. The van der Waals surface area contributed by atoms with Crippen LogP contribution in [0, 0.1) is 34.5 Å². The Morgan fingerprint density at radius 2 is 1.93 bits per heavy atom. The number of aliphatic hydroxyl groups is 1. The summed E-state index contributed by atoms with van der Waals surface area (Å²) in [5.74, 6) is 3.03. The van der Waals surface area contributed by atoms with E-state index in [2.05, 4.69) is 25.2 Å². The molecule has 7 atom stereocenters. The van der Waals surface area contributed by atoms with Gasteiger partial charge in [-0.25, -0.2) is 4.79 Å². The first-order valence-corrected chi connectivity index (χ1v) is 16.0. The summed E-state index contributed by atoms with van der Waals surface area (Å²) >= 11 is 0. The quantitative estimate of drug-likeness (QED) is 0.241. The molecule has 0 bridgehead atoms. The molecule has 0 amide bonds. The van der Waals surface area contributed by atoms with E-state index in [1.54, 1.807) is 6.07 Å². The molecule has 0 unspecified atom stereocenters. The van der Waals surface area contributed by atoms with Gasteiger partial charge in [0.15, 0.2) is 0 Å². The van der Waals surface area contributed by atoms with E-state index in [9.17, 15) is 9.90 Å². The van der Waals surface area contributed by atoms with Crippen LogP contribution >= 0.6 is 0 Å². The number of rotatable bonds is 8. The number of anilines is 1. The van der Waals surface area contributed by atoms with Crippen LogP contribution in [0.3, 0.4) is 0 Å². The zero-order chi connectivity index (χ0) is 28.8. The molecular formula is C34H49N3O4. The minimum atomic E-state index is -0.306. The summed E-state index contributed by atoms with van der Waals surface area (Å²) in [7, 11) is 3.95. The Morgan fingerprint density at radius 1 is 1.07 bits per heavy atom. The maximum atomic E-state index is 12.1. The maximum absolute atomic E-state index is 12.1. The van der Waals surface area contributed by atoms with Crippen LogP contribution in [0.2, 0.25) is 0 Å². The van der Waals surface area contributed by atoms with Crippen LogP contribution in [0.15, 0.2) is 38.6 Å². The monoisotopic (exact) mass is 563 g/mol. The molecule has 1 aromatic carbocycles. The first-order valence-electron chi connectivity index (χ1n) is 16.0. The lowest BCUT2D eigenvalue weighted by atomic mass is 9.45. The molecule has 0 radical (unpaired) electrons. The molecule has 7 nitrogen and oxygen atoms in total. The second kappa shape index (κ2) is 11.4. The summed E-state index contributed by atoms with van der Waals surface area (Å²) in [5.41, 5.74) is 4.21. The summed E-state index contributed by atoms with van der Waals surface area (Å²) < 4.78 is 5.46. The number of hydrogen-bond acceptors (Lipinski definition) is 7. The summed E-state index contributed by atoms with van der Waals surface area (Å²) in [6.07, 6.45) is 11.3. The largest absolute Gasteiger partial charge is 0.423 e. The van der Waals surface area contributed by atoms with Crippen molar-refractivity contribution in [3.8, 4) is 0 Å². The Hall–Kier alpha value is -2.38. The fraction of sp³-hybridized carbons (Fsp3) is 0.706. The SMILES string of the molecule is CN(C)c1ccc2c(CCNCCO/N=C3/CC[C@H]4[C@@H]5CC[C@H]6C[C@H](O)CC[C@]6(C)[C@H]5CC[C@]34C)cc(=O)oc2c1. The lowest BCUT2D eigenvalue weighted by Crippen LogP contribution is -2.54. The molecule has 4 fully saturated rings. The van der Waals surface area contributed by atoms with E-state index in [0.29, 0.717) is 23.5 Å². The summed E-state index contributed by atoms with van der Waals surface area (Å²) in [4.78, 5) is 20.0. The van der Waals surface area contributed by atoms with E-state index >= 15 is 0 Å². The van der Waals surface area contributed by atoms with Gasteiger partial charge in [0.2, 0.25) is 0 Å². The van der Waals surface area contributed by atoms with Crippen LogP contribution in [0.1, 0.15) is 77.2 Å². The fourth-order valence-corrected chi connectivity index (χ4v) is 9.47. The first kappa shape index (κ1) is 28.7. The van der Waals surface area contributed by atoms with Gasteiger partial charge in [0.1, 0.15) is 12.2 Å². The highest BCUT2D eigenvalue weighted by Crippen LogP contribution is 2.65. The summed E-state index contributed by atoms with van der Waals surface area (Å²) in [5, 5.41) is 19.5. The molecule has 224 valence electrons. The van der Waals surface area contributed by atoms with Gasteiger partial charge < -0.3 is 24.6 Å². The van der Waals surface area contributed by atoms with Gasteiger partial charge >= 0.3 is 5.63 Å². The minimum Gasteiger partial charge on any atom is -0.423 e. The predicted molar refractivity (Wildman–Crippen MR) is 165 cm³/mol. The van der Waals surface area contributed by atoms with E-state index in [1.807, 2.05) is 31.1 Å². The molecule has 2 aromatic rings. The number of aliphatic hydroxyl groups excluding tert-OH is 1. The summed E-state index contributed by atoms with van der Waals surface area (Å²) in [6, 6.07) is 7.63. The second-order valence-corrected chi connectivity index (χ2v) is 14.1. The Balaban J connectivity index is 1.00. The topological polar surface area (TPSA) is 87.3 Å². The van der Waals surface area contributed by atoms with Gasteiger partial charge in [-0.05, 0) is 118 Å². The number of oxime groups is 1. The van der Waals surface area contributed by atoms with Gasteiger partial charge in [0.25, 0.3) is 0 Å². The number of nitrogens with zero attached hydrogens (tertiary/aromatic N) is 2. The average molecular weight is 564 g/mol. The Morgan fingerprint density at radius 3 is 2.76 bits per heavy atom. The van der Waals surface area contributed by atoms with Crippen LogP contribution in [-0.2, 0) is 11.3 Å². The zero-order valence-electron chi connectivity index (χ0n) is 25.5. The van der Waals surface area contributed by atoms with Crippen LogP contribution in [0.5, 0.6) is 0 Å². The van der Waals surface area contributed by atoms with E-state index in [4.69, 9.17) is 14.4 Å². The molecule has 0 aliphatic heterocycles. The smallest absolute Gasteiger partial charge is 0.336 e. The zero-order valence-corrected chi connectivity index (χ0v) is 25.5. The molecule has 7 heteroatoms. The molecule has 2 N–H and O–H groups in total. The van der Waals surface area contributed by atoms with Crippen LogP contribution in [0.4, 0.5) is 5.69 Å². The molecule has 0 saturated heterocycles. The van der Waals surface area contributed by atoms with Crippen molar-refractivity contribution in [2.24, 2.45) is 39.7 Å². The van der Waals surface area contributed by atoms with Gasteiger partial charge in [0.05, 0.1) is 11.8 Å². The molecule has 6 rings (SSSR count). The van der Waals surface area contributed by atoms with Gasteiger partial charge in [0, 0.05) is 49.3 Å². The highest BCUT2D eigenvalue weighted by atomic mass is 16.6. The average Bonchev–Trinajstić information content (AvgIpc) is 3.28. The van der Waals surface area contributed by atoms with Crippen molar-refractivity contribution in [2.45, 2.75) is 84.2 Å². The van der Waals surface area contributed by atoms with Crippen molar-refractivity contribution in [3.63, 3.8) is 0 Å². The highest BCUT2D eigenvalue weighted by Gasteiger charge is 2.59. The molecule has 4 saturated carbocycles. The third-order valence-electron chi connectivity index (χ3n) is 11.8. The van der Waals surface area contributed by atoms with Gasteiger partial charge in [-0.1, -0.05) is 19.0 Å². The molecule has 41 heavy (non-hydrogen) atoms. The lowest BCUT2D eigenvalue weighted by molar-refractivity contribution is -0.114. The molecule has 1 aromatic heterocycles. The molecule has 4 aliphatic carbocycles. The highest BCUT2D eigenvalue weighted by molar-refractivity contribution is 5.92. The van der Waals surface area contributed by atoms with E-state index in [1.165, 1.54) is 44.2 Å². The lowest BCUT2D eigenvalue weighted by Gasteiger charge is -2.60. The molecule has 0 spiro atoms. The van der Waals surface area contributed by atoms with Crippen molar-refractivity contribution < 1.29 is 14.4 Å². The van der Waals surface area contributed by atoms with Crippen LogP contribution < -0.4 is 15.8 Å². The Bertz CT molecular complexity index is 1340. The van der Waals surface area contributed by atoms with Gasteiger partial charge in [-0.3, -0.25) is 0 Å².